The molecular weight excluding hydrogens is 344 g/mol. The van der Waals surface area contributed by atoms with Crippen LogP contribution < -0.4 is 14.8 Å². The van der Waals surface area contributed by atoms with E-state index in [1.165, 1.54) is 0 Å². The molecule has 3 atom stereocenters. The SMILES string of the molecule is COc1ccccc1NC(=O)C1C(=O)N(C)C2(C)CC1c1ccccc1O2. The van der Waals surface area contributed by atoms with E-state index in [0.29, 0.717) is 17.9 Å². The van der Waals surface area contributed by atoms with Crippen molar-refractivity contribution in [2.75, 3.05) is 19.5 Å². The number of para-hydroxylation sites is 3. The molecular formula is C21H22N2O4. The van der Waals surface area contributed by atoms with E-state index in [4.69, 9.17) is 9.47 Å². The number of hydrogen-bond acceptors (Lipinski definition) is 4. The second-order valence-electron chi connectivity index (χ2n) is 7.19. The molecule has 2 heterocycles. The van der Waals surface area contributed by atoms with E-state index >= 15 is 0 Å². The summed E-state index contributed by atoms with van der Waals surface area (Å²) in [5.74, 6) is -0.350. The van der Waals surface area contributed by atoms with Gasteiger partial charge in [0.2, 0.25) is 11.8 Å². The number of fused-ring (bicyclic) bond motifs is 4. The number of methoxy groups -OCH3 is 1. The maximum atomic E-state index is 13.2. The normalized spacial score (nSPS) is 26.0. The summed E-state index contributed by atoms with van der Waals surface area (Å²) in [6.07, 6.45) is 0.566. The quantitative estimate of drug-likeness (QED) is 0.848. The van der Waals surface area contributed by atoms with Gasteiger partial charge in [-0.25, -0.2) is 0 Å². The smallest absolute Gasteiger partial charge is 0.238 e. The van der Waals surface area contributed by atoms with Crippen LogP contribution in [0, 0.1) is 5.92 Å². The highest BCUT2D eigenvalue weighted by Crippen LogP contribution is 2.49. The Hall–Kier alpha value is -3.02. The Kier molecular flexibility index (Phi) is 4.06. The minimum Gasteiger partial charge on any atom is -0.495 e. The average Bonchev–Trinajstić information content (AvgIpc) is 2.67. The van der Waals surface area contributed by atoms with Gasteiger partial charge in [0.15, 0.2) is 5.72 Å². The maximum Gasteiger partial charge on any atom is 0.238 e. The van der Waals surface area contributed by atoms with Crippen molar-refractivity contribution in [3.05, 3.63) is 54.1 Å². The number of piperidine rings is 1. The summed E-state index contributed by atoms with van der Waals surface area (Å²) < 4.78 is 11.4. The van der Waals surface area contributed by atoms with Crippen LogP contribution in [0.15, 0.2) is 48.5 Å². The number of benzene rings is 2. The van der Waals surface area contributed by atoms with Gasteiger partial charge in [0.25, 0.3) is 0 Å². The van der Waals surface area contributed by atoms with Gasteiger partial charge in [-0.05, 0) is 30.7 Å². The van der Waals surface area contributed by atoms with Gasteiger partial charge in [-0.2, -0.15) is 0 Å². The highest BCUT2D eigenvalue weighted by molar-refractivity contribution is 6.08. The molecule has 1 fully saturated rings. The van der Waals surface area contributed by atoms with Gasteiger partial charge in [0, 0.05) is 19.4 Å². The van der Waals surface area contributed by atoms with Crippen molar-refractivity contribution in [3.63, 3.8) is 0 Å². The van der Waals surface area contributed by atoms with Gasteiger partial charge >= 0.3 is 0 Å². The van der Waals surface area contributed by atoms with Crippen molar-refractivity contribution in [1.82, 2.24) is 4.90 Å². The number of carbonyl (C=O) groups excluding carboxylic acids is 2. The average molecular weight is 366 g/mol. The first-order valence-corrected chi connectivity index (χ1v) is 8.94. The fourth-order valence-corrected chi connectivity index (χ4v) is 4.05. The highest BCUT2D eigenvalue weighted by atomic mass is 16.5. The molecule has 0 saturated carbocycles. The highest BCUT2D eigenvalue weighted by Gasteiger charge is 2.54. The number of anilines is 1. The van der Waals surface area contributed by atoms with Crippen molar-refractivity contribution < 1.29 is 19.1 Å². The van der Waals surface area contributed by atoms with Crippen LogP contribution in [0.2, 0.25) is 0 Å². The molecule has 1 N–H and O–H groups in total. The summed E-state index contributed by atoms with van der Waals surface area (Å²) in [7, 11) is 3.24. The Morgan fingerprint density at radius 1 is 1.22 bits per heavy atom. The summed E-state index contributed by atoms with van der Waals surface area (Å²) in [6, 6.07) is 14.8. The molecule has 4 rings (SSSR count). The molecule has 2 bridgehead atoms. The molecule has 2 aliphatic rings. The molecule has 3 unspecified atom stereocenters. The predicted molar refractivity (Wildman–Crippen MR) is 101 cm³/mol. The minimum atomic E-state index is -0.821. The second-order valence-corrected chi connectivity index (χ2v) is 7.19. The molecule has 1 saturated heterocycles. The summed E-state index contributed by atoms with van der Waals surface area (Å²) in [6.45, 7) is 1.89. The van der Waals surface area contributed by atoms with Crippen LogP contribution >= 0.6 is 0 Å². The van der Waals surface area contributed by atoms with Crippen LogP contribution in [0.4, 0.5) is 5.69 Å². The van der Waals surface area contributed by atoms with Crippen LogP contribution in [0.3, 0.4) is 0 Å². The van der Waals surface area contributed by atoms with E-state index in [0.717, 1.165) is 11.3 Å². The van der Waals surface area contributed by atoms with E-state index in [-0.39, 0.29) is 17.7 Å². The summed E-state index contributed by atoms with van der Waals surface area (Å²) in [5.41, 5.74) is 0.697. The van der Waals surface area contributed by atoms with E-state index in [1.807, 2.05) is 43.3 Å². The third-order valence-corrected chi connectivity index (χ3v) is 5.60. The van der Waals surface area contributed by atoms with Crippen LogP contribution in [0.1, 0.15) is 24.8 Å². The van der Waals surface area contributed by atoms with Crippen molar-refractivity contribution in [2.24, 2.45) is 5.92 Å². The summed E-state index contributed by atoms with van der Waals surface area (Å²) >= 11 is 0. The van der Waals surface area contributed by atoms with Gasteiger partial charge in [0.05, 0.1) is 12.8 Å². The molecule has 0 radical (unpaired) electrons. The van der Waals surface area contributed by atoms with Crippen molar-refractivity contribution >= 4 is 17.5 Å². The van der Waals surface area contributed by atoms with E-state index < -0.39 is 11.6 Å². The number of nitrogens with zero attached hydrogens (tertiary/aromatic N) is 1. The Labute approximate surface area is 158 Å². The molecule has 0 aromatic heterocycles. The lowest BCUT2D eigenvalue weighted by Crippen LogP contribution is -2.62. The van der Waals surface area contributed by atoms with Crippen LogP contribution in [0.5, 0.6) is 11.5 Å². The number of likely N-dealkylation sites (tertiary alicyclic amines) is 1. The van der Waals surface area contributed by atoms with Gasteiger partial charge in [0.1, 0.15) is 17.4 Å². The van der Waals surface area contributed by atoms with Gasteiger partial charge in [-0.15, -0.1) is 0 Å². The Morgan fingerprint density at radius 3 is 2.70 bits per heavy atom. The fourth-order valence-electron chi connectivity index (χ4n) is 4.05. The first-order chi connectivity index (χ1) is 12.9. The zero-order valence-corrected chi connectivity index (χ0v) is 15.6. The van der Waals surface area contributed by atoms with Crippen LogP contribution in [-0.2, 0) is 9.59 Å². The number of amides is 2. The van der Waals surface area contributed by atoms with Gasteiger partial charge in [-0.3, -0.25) is 9.59 Å². The minimum absolute atomic E-state index is 0.238. The van der Waals surface area contributed by atoms with E-state index in [1.54, 1.807) is 31.2 Å². The molecule has 6 heteroatoms. The third-order valence-electron chi connectivity index (χ3n) is 5.60. The zero-order chi connectivity index (χ0) is 19.2. The monoisotopic (exact) mass is 366 g/mol. The zero-order valence-electron chi connectivity index (χ0n) is 15.6. The topological polar surface area (TPSA) is 67.9 Å². The fraction of sp³-hybridized carbons (Fsp3) is 0.333. The second kappa shape index (κ2) is 6.30. The summed E-state index contributed by atoms with van der Waals surface area (Å²) in [4.78, 5) is 27.8. The predicted octanol–water partition coefficient (Wildman–Crippen LogP) is 3.00. The van der Waals surface area contributed by atoms with Crippen molar-refractivity contribution in [3.8, 4) is 11.5 Å². The lowest BCUT2D eigenvalue weighted by molar-refractivity contribution is -0.170. The van der Waals surface area contributed by atoms with Crippen molar-refractivity contribution in [2.45, 2.75) is 25.0 Å². The molecule has 2 aromatic carbocycles. The molecule has 27 heavy (non-hydrogen) atoms. The molecule has 2 aliphatic heterocycles. The van der Waals surface area contributed by atoms with Crippen molar-refractivity contribution in [1.29, 1.82) is 0 Å². The number of ether oxygens (including phenoxy) is 2. The Morgan fingerprint density at radius 2 is 1.93 bits per heavy atom. The molecule has 2 aromatic rings. The van der Waals surface area contributed by atoms with Crippen LogP contribution in [0.25, 0.3) is 0 Å². The molecule has 0 aliphatic carbocycles. The molecule has 6 nitrogen and oxygen atoms in total. The Bertz CT molecular complexity index is 913. The largest absolute Gasteiger partial charge is 0.495 e. The Balaban J connectivity index is 1.72. The van der Waals surface area contributed by atoms with Crippen LogP contribution in [-0.4, -0.2) is 36.6 Å². The van der Waals surface area contributed by atoms with E-state index in [9.17, 15) is 9.59 Å². The number of nitrogens with one attached hydrogen (secondary N) is 1. The standard InChI is InChI=1S/C21H22N2O4/c1-21-12-14(13-8-4-6-10-16(13)27-21)18(20(25)23(21)2)19(24)22-15-9-5-7-11-17(15)26-3/h4-11,14,18H,12H2,1-3H3,(H,22,24). The van der Waals surface area contributed by atoms with Gasteiger partial charge < -0.3 is 19.7 Å². The molecule has 2 amide bonds. The lowest BCUT2D eigenvalue weighted by Gasteiger charge is -2.51. The molecule has 140 valence electrons. The number of rotatable bonds is 3. The molecule has 0 spiro atoms. The first kappa shape index (κ1) is 17.4. The first-order valence-electron chi connectivity index (χ1n) is 8.94. The number of hydrogen-bond donors (Lipinski definition) is 1. The number of carbonyl (C=O) groups is 2. The van der Waals surface area contributed by atoms with Gasteiger partial charge in [-0.1, -0.05) is 30.3 Å². The van der Waals surface area contributed by atoms with E-state index in [2.05, 4.69) is 5.32 Å². The maximum absolute atomic E-state index is 13.2. The third kappa shape index (κ3) is 2.72. The summed E-state index contributed by atoms with van der Waals surface area (Å²) in [5, 5.41) is 2.88. The lowest BCUT2D eigenvalue weighted by atomic mass is 9.73.